The lowest BCUT2D eigenvalue weighted by molar-refractivity contribution is -0.0000116. The molecule has 2 nitrogen and oxygen atoms in total. The first kappa shape index (κ1) is 45.9. The van der Waals surface area contributed by atoms with Gasteiger partial charge in [-0.05, 0) is 116 Å². The van der Waals surface area contributed by atoms with E-state index in [1.165, 1.54) is 101 Å². The smallest absolute Gasteiger partial charge is 0.119 e. The summed E-state index contributed by atoms with van der Waals surface area (Å²) in [7, 11) is 2.42. The Hall–Kier alpha value is -3.79. The summed E-state index contributed by atoms with van der Waals surface area (Å²) < 4.78 is 6.05. The van der Waals surface area contributed by atoms with Crippen LogP contribution in [0, 0.1) is 0 Å². The van der Waals surface area contributed by atoms with Crippen LogP contribution in [-0.2, 0) is 0 Å². The molecular formula is C52H60Br2NOP. The van der Waals surface area contributed by atoms with Crippen molar-refractivity contribution in [1.82, 2.24) is 4.90 Å². The Morgan fingerprint density at radius 1 is 0.456 bits per heavy atom. The Morgan fingerprint density at radius 3 is 1.30 bits per heavy atom. The van der Waals surface area contributed by atoms with Crippen LogP contribution in [-0.4, -0.2) is 38.3 Å². The Kier molecular flexibility index (Phi) is 20.0. The highest BCUT2D eigenvalue weighted by molar-refractivity contribution is 8.93. The molecule has 0 heterocycles. The van der Waals surface area contributed by atoms with E-state index in [-0.39, 0.29) is 34.0 Å². The van der Waals surface area contributed by atoms with Gasteiger partial charge in [-0.15, -0.1) is 17.0 Å². The number of hydrogen-bond acceptors (Lipinski definition) is 2. The molecule has 0 N–H and O–H groups in total. The van der Waals surface area contributed by atoms with Gasteiger partial charge in [-0.25, -0.2) is 0 Å². The molecule has 0 amide bonds. The van der Waals surface area contributed by atoms with Crippen molar-refractivity contribution in [3.63, 3.8) is 0 Å². The van der Waals surface area contributed by atoms with Gasteiger partial charge in [-0.3, -0.25) is 0 Å². The summed E-state index contributed by atoms with van der Waals surface area (Å²) in [5, 5.41) is 4.48. The molecule has 0 aliphatic rings. The number of unbranched alkanes of at least 4 members (excludes halogenated alkanes) is 7. The van der Waals surface area contributed by atoms with Gasteiger partial charge >= 0.3 is 0 Å². The highest BCUT2D eigenvalue weighted by atomic mass is 79.9. The molecule has 298 valence electrons. The maximum absolute atomic E-state index is 6.05. The Balaban J connectivity index is 0.00000360. The van der Waals surface area contributed by atoms with Crippen LogP contribution in [0.5, 0.6) is 5.75 Å². The van der Waals surface area contributed by atoms with E-state index in [0.29, 0.717) is 6.61 Å². The average molecular weight is 906 g/mol. The number of likely N-dealkylation sites (N-methyl/N-ethyl adjacent to an activating group) is 1. The highest BCUT2D eigenvalue weighted by Crippen LogP contribution is 2.56. The number of nitrogens with zero attached hydrogens (tertiary/aromatic N) is 1. The summed E-state index contributed by atoms with van der Waals surface area (Å²) in [6.45, 7) is 1.58. The Morgan fingerprint density at radius 2 is 0.842 bits per heavy atom. The summed E-state index contributed by atoms with van der Waals surface area (Å²) in [6, 6.07) is 64.7. The van der Waals surface area contributed by atoms with E-state index in [0.717, 1.165) is 18.7 Å². The molecule has 0 radical (unpaired) electrons. The van der Waals surface area contributed by atoms with Crippen LogP contribution < -0.4 is 37.6 Å². The van der Waals surface area contributed by atoms with Gasteiger partial charge in [0.1, 0.15) is 35.5 Å². The second kappa shape index (κ2) is 24.9. The zero-order chi connectivity index (χ0) is 38.0. The van der Waals surface area contributed by atoms with Crippen molar-refractivity contribution in [2.24, 2.45) is 0 Å². The second-order valence-electron chi connectivity index (χ2n) is 14.9. The van der Waals surface area contributed by atoms with Crippen LogP contribution >= 0.6 is 24.2 Å². The fraction of sp³-hybridized carbons (Fsp3) is 0.269. The fourth-order valence-corrected chi connectivity index (χ4v) is 12.2. The summed E-state index contributed by atoms with van der Waals surface area (Å²) >= 11 is 0. The number of hydrogen-bond donors (Lipinski definition) is 0. The minimum atomic E-state index is -1.73. The van der Waals surface area contributed by atoms with Gasteiger partial charge in [0.15, 0.2) is 0 Å². The van der Waals surface area contributed by atoms with Crippen molar-refractivity contribution in [3.05, 3.63) is 193 Å². The van der Waals surface area contributed by atoms with Gasteiger partial charge in [-0.1, -0.05) is 159 Å². The molecule has 0 atom stereocenters. The normalized spacial score (nSPS) is 11.6. The van der Waals surface area contributed by atoms with Crippen molar-refractivity contribution >= 4 is 51.3 Å². The van der Waals surface area contributed by atoms with Crippen LogP contribution in [0.25, 0.3) is 11.1 Å². The van der Waals surface area contributed by atoms with Crippen molar-refractivity contribution in [3.8, 4) is 5.75 Å². The maximum Gasteiger partial charge on any atom is 0.119 e. The summed E-state index contributed by atoms with van der Waals surface area (Å²) in [5.74, 6) is 0.920. The first-order valence-corrected chi connectivity index (χ1v) is 22.4. The van der Waals surface area contributed by atoms with E-state index < -0.39 is 7.26 Å². The van der Waals surface area contributed by atoms with Crippen molar-refractivity contribution < 1.29 is 21.7 Å². The third-order valence-corrected chi connectivity index (χ3v) is 15.2. The molecule has 6 aromatic rings. The molecule has 0 saturated carbocycles. The molecule has 0 unspecified atom stereocenters. The lowest BCUT2D eigenvalue weighted by Gasteiger charge is -2.27. The van der Waals surface area contributed by atoms with Gasteiger partial charge in [0, 0.05) is 6.54 Å². The summed E-state index contributed by atoms with van der Waals surface area (Å²) in [6.07, 6.45) is 12.5. The molecule has 0 saturated heterocycles. The number of allylic oxidation sites excluding steroid dienone is 1. The van der Waals surface area contributed by atoms with E-state index in [1.54, 1.807) is 0 Å². The Bertz CT molecular complexity index is 1890. The highest BCUT2D eigenvalue weighted by Gasteiger charge is 2.44. The topological polar surface area (TPSA) is 12.5 Å². The van der Waals surface area contributed by atoms with Crippen molar-refractivity contribution in [2.45, 2.75) is 57.8 Å². The second-order valence-corrected chi connectivity index (χ2v) is 18.5. The number of benzene rings is 6. The predicted molar refractivity (Wildman–Crippen MR) is 251 cm³/mol. The molecule has 6 rings (SSSR count). The van der Waals surface area contributed by atoms with Crippen LogP contribution in [0.3, 0.4) is 0 Å². The Labute approximate surface area is 365 Å². The van der Waals surface area contributed by atoms with Crippen LogP contribution in [0.4, 0.5) is 0 Å². The molecule has 0 spiro atoms. The molecule has 5 heteroatoms. The first-order chi connectivity index (χ1) is 27.1. The molecule has 0 aliphatic carbocycles. The third-order valence-electron chi connectivity index (χ3n) is 10.7. The van der Waals surface area contributed by atoms with Gasteiger partial charge in [0.2, 0.25) is 0 Å². The van der Waals surface area contributed by atoms with Crippen molar-refractivity contribution in [1.29, 1.82) is 0 Å². The molecule has 6 aromatic carbocycles. The maximum atomic E-state index is 6.05. The fourth-order valence-electron chi connectivity index (χ4n) is 7.83. The van der Waals surface area contributed by atoms with Gasteiger partial charge in [0.05, 0.1) is 6.16 Å². The molecule has 0 aliphatic heterocycles. The molecule has 0 bridgehead atoms. The standard InChI is InChI=1S/C52H59NOP.2BrH/c1-53(2)41-42-54-47-39-37-46(38-40-47)52(45-28-16-10-17-29-45)51(44-26-14-9-15-27-44)36-24-7-5-3-4-6-8-25-43-55(48-30-18-11-19-31-48,49-32-20-12-21-33-49)50-34-22-13-23-35-50;;/h9-23,26-35,37-40H,3-8,24-25,36,41-43H2,1-2H3;2*1H/q+1;;/p-1. The molecule has 57 heavy (non-hydrogen) atoms. The lowest BCUT2D eigenvalue weighted by Crippen LogP contribution is -3.00. The van der Waals surface area contributed by atoms with Gasteiger partial charge < -0.3 is 26.6 Å². The molecule has 0 fully saturated rings. The van der Waals surface area contributed by atoms with E-state index in [9.17, 15) is 0 Å². The largest absolute Gasteiger partial charge is 1.00 e. The molecular weight excluding hydrogens is 845 g/mol. The minimum absolute atomic E-state index is 0. The number of ether oxygens (including phenoxy) is 1. The van der Waals surface area contributed by atoms with Gasteiger partial charge in [-0.2, -0.15) is 0 Å². The van der Waals surface area contributed by atoms with E-state index >= 15 is 0 Å². The SMILES string of the molecule is Br.CN(C)CCOc1ccc(C(=C(CCCCCCCCCC[P+](c2ccccc2)(c2ccccc2)c2ccccc2)c2ccccc2)c2ccccc2)cc1.[Br-]. The number of rotatable bonds is 21. The van der Waals surface area contributed by atoms with Crippen LogP contribution in [0.2, 0.25) is 0 Å². The first-order valence-electron chi connectivity index (χ1n) is 20.4. The van der Waals surface area contributed by atoms with E-state index in [4.69, 9.17) is 4.74 Å². The van der Waals surface area contributed by atoms with Crippen LogP contribution in [0.15, 0.2) is 176 Å². The van der Waals surface area contributed by atoms with E-state index in [1.807, 2.05) is 0 Å². The van der Waals surface area contributed by atoms with Gasteiger partial charge in [0.25, 0.3) is 0 Å². The van der Waals surface area contributed by atoms with E-state index in [2.05, 4.69) is 195 Å². The summed E-state index contributed by atoms with van der Waals surface area (Å²) in [5.41, 5.74) is 6.57. The number of halogens is 2. The minimum Gasteiger partial charge on any atom is -1.00 e. The van der Waals surface area contributed by atoms with Crippen LogP contribution in [0.1, 0.15) is 74.5 Å². The predicted octanol–water partition coefficient (Wildman–Crippen LogP) is 9.67. The zero-order valence-corrected chi connectivity index (χ0v) is 38.0. The van der Waals surface area contributed by atoms with Crippen molar-refractivity contribution in [2.75, 3.05) is 33.4 Å². The quantitative estimate of drug-likeness (QED) is 0.0406. The lowest BCUT2D eigenvalue weighted by atomic mass is 9.86. The zero-order valence-electron chi connectivity index (χ0n) is 33.8. The third kappa shape index (κ3) is 13.1. The molecule has 0 aromatic heterocycles. The average Bonchev–Trinajstić information content (AvgIpc) is 3.24. The monoisotopic (exact) mass is 903 g/mol. The summed E-state index contributed by atoms with van der Waals surface area (Å²) in [4.78, 5) is 2.15.